The van der Waals surface area contributed by atoms with Crippen LogP contribution in [-0.4, -0.2) is 24.0 Å². The fourth-order valence-corrected chi connectivity index (χ4v) is 4.07. The van der Waals surface area contributed by atoms with E-state index >= 15 is 0 Å². The molecule has 0 saturated carbocycles. The van der Waals surface area contributed by atoms with E-state index in [1.54, 1.807) is 0 Å². The van der Waals surface area contributed by atoms with Crippen LogP contribution in [0.2, 0.25) is 5.02 Å². The molecule has 1 heterocycles. The Morgan fingerprint density at radius 2 is 2.19 bits per heavy atom. The second kappa shape index (κ2) is 8.52. The summed E-state index contributed by atoms with van der Waals surface area (Å²) < 4.78 is 1.00. The van der Waals surface area contributed by atoms with Crippen LogP contribution in [0.3, 0.4) is 0 Å². The molecule has 2 N–H and O–H groups in total. The first-order valence-electron chi connectivity index (χ1n) is 8.06. The van der Waals surface area contributed by atoms with Crippen LogP contribution in [0.5, 0.6) is 0 Å². The van der Waals surface area contributed by atoms with Crippen LogP contribution >= 0.6 is 27.5 Å². The second-order valence-corrected chi connectivity index (χ2v) is 7.33. The summed E-state index contributed by atoms with van der Waals surface area (Å²) in [4.78, 5) is 2.64. The number of hydrogen-bond donors (Lipinski definition) is 1. The molecule has 1 aliphatic rings. The lowest BCUT2D eigenvalue weighted by molar-refractivity contribution is 0.188. The molecule has 0 aromatic heterocycles. The highest BCUT2D eigenvalue weighted by Crippen LogP contribution is 2.28. The highest BCUT2D eigenvalue weighted by molar-refractivity contribution is 9.10. The summed E-state index contributed by atoms with van der Waals surface area (Å²) in [6.07, 6.45) is 7.62. The van der Waals surface area contributed by atoms with Crippen molar-refractivity contribution in [3.05, 3.63) is 33.3 Å². The van der Waals surface area contributed by atoms with Gasteiger partial charge in [0, 0.05) is 28.1 Å². The Morgan fingerprint density at radius 1 is 1.38 bits per heavy atom. The largest absolute Gasteiger partial charge is 0.324 e. The van der Waals surface area contributed by atoms with E-state index in [9.17, 15) is 0 Å². The van der Waals surface area contributed by atoms with Crippen molar-refractivity contribution in [2.45, 2.75) is 57.5 Å². The molecule has 0 radical (unpaired) electrons. The minimum atomic E-state index is 0.0198. The van der Waals surface area contributed by atoms with Gasteiger partial charge in [0.05, 0.1) is 0 Å². The molecule has 1 saturated heterocycles. The fourth-order valence-electron chi connectivity index (χ4n) is 3.26. The lowest BCUT2D eigenvalue weighted by atomic mass is 10.0. The number of nitrogens with zero attached hydrogens (tertiary/aromatic N) is 1. The molecule has 118 valence electrons. The Labute approximate surface area is 142 Å². The Hall–Kier alpha value is -0.0900. The van der Waals surface area contributed by atoms with E-state index in [1.807, 2.05) is 18.2 Å². The molecular formula is C17H26BrClN2. The van der Waals surface area contributed by atoms with Crippen LogP contribution in [0.25, 0.3) is 0 Å². The quantitative estimate of drug-likeness (QED) is 0.773. The van der Waals surface area contributed by atoms with Gasteiger partial charge in [0.25, 0.3) is 0 Å². The fraction of sp³-hybridized carbons (Fsp3) is 0.647. The molecule has 0 aliphatic carbocycles. The first kappa shape index (κ1) is 17.3. The molecule has 2 rings (SSSR count). The Balaban J connectivity index is 1.94. The van der Waals surface area contributed by atoms with Crippen molar-refractivity contribution in [2.75, 3.05) is 13.1 Å². The number of halogens is 2. The molecule has 1 aromatic rings. The van der Waals surface area contributed by atoms with Gasteiger partial charge in [-0.1, -0.05) is 53.4 Å². The molecule has 2 unspecified atom stereocenters. The van der Waals surface area contributed by atoms with E-state index < -0.39 is 0 Å². The molecule has 4 heteroatoms. The van der Waals surface area contributed by atoms with Crippen molar-refractivity contribution >= 4 is 27.5 Å². The van der Waals surface area contributed by atoms with Crippen molar-refractivity contribution in [2.24, 2.45) is 5.73 Å². The molecule has 0 spiro atoms. The van der Waals surface area contributed by atoms with E-state index in [0.29, 0.717) is 0 Å². The van der Waals surface area contributed by atoms with Crippen molar-refractivity contribution in [3.63, 3.8) is 0 Å². The highest BCUT2D eigenvalue weighted by Gasteiger charge is 2.20. The molecule has 1 fully saturated rings. The average molecular weight is 374 g/mol. The van der Waals surface area contributed by atoms with Crippen LogP contribution < -0.4 is 5.73 Å². The van der Waals surface area contributed by atoms with Crippen molar-refractivity contribution in [3.8, 4) is 0 Å². The summed E-state index contributed by atoms with van der Waals surface area (Å²) in [6.45, 7) is 4.60. The summed E-state index contributed by atoms with van der Waals surface area (Å²) in [5.41, 5.74) is 7.42. The number of hydrogen-bond acceptors (Lipinski definition) is 2. The summed E-state index contributed by atoms with van der Waals surface area (Å²) in [7, 11) is 0. The van der Waals surface area contributed by atoms with Gasteiger partial charge in [-0.25, -0.2) is 0 Å². The lowest BCUT2D eigenvalue weighted by Gasteiger charge is -2.30. The number of benzene rings is 1. The van der Waals surface area contributed by atoms with Crippen LogP contribution in [0.1, 0.15) is 57.1 Å². The van der Waals surface area contributed by atoms with Crippen LogP contribution in [0, 0.1) is 0 Å². The van der Waals surface area contributed by atoms with E-state index in [4.69, 9.17) is 17.3 Å². The minimum Gasteiger partial charge on any atom is -0.324 e. The zero-order chi connectivity index (χ0) is 15.2. The second-order valence-electron chi connectivity index (χ2n) is 6.01. The van der Waals surface area contributed by atoms with Gasteiger partial charge in [-0.15, -0.1) is 0 Å². The smallest absolute Gasteiger partial charge is 0.0464 e. The van der Waals surface area contributed by atoms with Crippen LogP contribution in [0.15, 0.2) is 22.7 Å². The van der Waals surface area contributed by atoms with Gasteiger partial charge >= 0.3 is 0 Å². The summed E-state index contributed by atoms with van der Waals surface area (Å²) in [5.74, 6) is 0. The zero-order valence-corrected chi connectivity index (χ0v) is 15.2. The Kier molecular flexibility index (Phi) is 7.00. The molecule has 1 aliphatic heterocycles. The normalized spacial score (nSPS) is 22.0. The van der Waals surface area contributed by atoms with Gasteiger partial charge in [-0.05, 0) is 49.9 Å². The molecule has 0 amide bonds. The molecule has 2 nitrogen and oxygen atoms in total. The number of rotatable bonds is 5. The zero-order valence-electron chi connectivity index (χ0n) is 12.8. The van der Waals surface area contributed by atoms with Crippen LogP contribution in [0.4, 0.5) is 0 Å². The van der Waals surface area contributed by atoms with E-state index in [-0.39, 0.29) is 6.04 Å². The average Bonchev–Trinajstić information content (AvgIpc) is 2.69. The molecule has 0 bridgehead atoms. The van der Waals surface area contributed by atoms with E-state index in [1.165, 1.54) is 38.6 Å². The SMILES string of the molecule is CCC1CCCCCN1CCC(N)c1ccc(Br)cc1Cl. The lowest BCUT2D eigenvalue weighted by Crippen LogP contribution is -2.36. The third kappa shape index (κ3) is 4.95. The predicted octanol–water partition coefficient (Wildman–Crippen LogP) is 5.15. The maximum absolute atomic E-state index is 6.36. The number of nitrogens with two attached hydrogens (primary N) is 1. The molecular weight excluding hydrogens is 348 g/mol. The summed E-state index contributed by atoms with van der Waals surface area (Å²) in [6, 6.07) is 6.74. The predicted molar refractivity (Wildman–Crippen MR) is 94.8 cm³/mol. The highest BCUT2D eigenvalue weighted by atomic mass is 79.9. The molecule has 21 heavy (non-hydrogen) atoms. The maximum atomic E-state index is 6.36. The van der Waals surface area contributed by atoms with Gasteiger partial charge in [0.2, 0.25) is 0 Å². The molecule has 2 atom stereocenters. The van der Waals surface area contributed by atoms with E-state index in [0.717, 1.165) is 34.1 Å². The van der Waals surface area contributed by atoms with Gasteiger partial charge in [-0.2, -0.15) is 0 Å². The first-order chi connectivity index (χ1) is 10.1. The summed E-state index contributed by atoms with van der Waals surface area (Å²) in [5, 5.41) is 0.764. The van der Waals surface area contributed by atoms with Crippen molar-refractivity contribution < 1.29 is 0 Å². The third-order valence-electron chi connectivity index (χ3n) is 4.56. The first-order valence-corrected chi connectivity index (χ1v) is 9.23. The molecule has 1 aromatic carbocycles. The standard InChI is InChI=1S/C17H26BrClN2/c1-2-14-6-4-3-5-10-21(14)11-9-17(20)15-8-7-13(18)12-16(15)19/h7-8,12,14,17H,2-6,9-11,20H2,1H3. The maximum Gasteiger partial charge on any atom is 0.0464 e. The van der Waals surface area contributed by atoms with Gasteiger partial charge < -0.3 is 10.6 Å². The topological polar surface area (TPSA) is 29.3 Å². The van der Waals surface area contributed by atoms with Crippen LogP contribution in [-0.2, 0) is 0 Å². The monoisotopic (exact) mass is 372 g/mol. The minimum absolute atomic E-state index is 0.0198. The third-order valence-corrected chi connectivity index (χ3v) is 5.38. The van der Waals surface area contributed by atoms with Gasteiger partial charge in [-0.3, -0.25) is 0 Å². The van der Waals surface area contributed by atoms with E-state index in [2.05, 4.69) is 27.8 Å². The Bertz CT molecular complexity index is 452. The van der Waals surface area contributed by atoms with Gasteiger partial charge in [0.15, 0.2) is 0 Å². The summed E-state index contributed by atoms with van der Waals surface area (Å²) >= 11 is 9.74. The van der Waals surface area contributed by atoms with Gasteiger partial charge in [0.1, 0.15) is 0 Å². The van der Waals surface area contributed by atoms with Crippen molar-refractivity contribution in [1.29, 1.82) is 0 Å². The Morgan fingerprint density at radius 3 is 2.90 bits per heavy atom. The number of likely N-dealkylation sites (tertiary alicyclic amines) is 1. The van der Waals surface area contributed by atoms with Crippen molar-refractivity contribution in [1.82, 2.24) is 4.90 Å².